The molecule has 0 spiro atoms. The predicted molar refractivity (Wildman–Crippen MR) is 81.6 cm³/mol. The van der Waals surface area contributed by atoms with Crippen LogP contribution in [-0.2, 0) is 13.1 Å². The lowest BCUT2D eigenvalue weighted by Crippen LogP contribution is -2.20. The Hall–Kier alpha value is -2.46. The first-order valence-electron chi connectivity index (χ1n) is 6.75. The summed E-state index contributed by atoms with van der Waals surface area (Å²) in [6, 6.07) is 15.6. The van der Waals surface area contributed by atoms with Gasteiger partial charge in [0.25, 0.3) is 5.56 Å². The van der Waals surface area contributed by atoms with Gasteiger partial charge in [-0.15, -0.1) is 0 Å². The maximum Gasteiger partial charge on any atom is 0.251 e. The Balaban J connectivity index is 2.14. The Bertz CT molecular complexity index is 855. The van der Waals surface area contributed by atoms with Crippen molar-refractivity contribution in [1.29, 1.82) is 0 Å². The summed E-state index contributed by atoms with van der Waals surface area (Å²) >= 11 is 0. The van der Waals surface area contributed by atoms with E-state index in [0.29, 0.717) is 12.1 Å². The SMILES string of the molecule is NCc1ccc(F)c(Cn2c(=O)ccc3ccccc32)c1. The van der Waals surface area contributed by atoms with E-state index in [2.05, 4.69) is 0 Å². The number of rotatable bonds is 3. The van der Waals surface area contributed by atoms with Gasteiger partial charge in [0.2, 0.25) is 0 Å². The zero-order valence-electron chi connectivity index (χ0n) is 11.4. The highest BCUT2D eigenvalue weighted by Gasteiger charge is 2.08. The number of para-hydroxylation sites is 1. The average Bonchev–Trinajstić information content (AvgIpc) is 2.52. The summed E-state index contributed by atoms with van der Waals surface area (Å²) in [5, 5.41) is 0.951. The van der Waals surface area contributed by atoms with Gasteiger partial charge in [-0.2, -0.15) is 0 Å². The van der Waals surface area contributed by atoms with E-state index < -0.39 is 0 Å². The molecule has 4 heteroatoms. The van der Waals surface area contributed by atoms with Crippen LogP contribution in [0.25, 0.3) is 10.9 Å². The summed E-state index contributed by atoms with van der Waals surface area (Å²) in [5.41, 5.74) is 7.55. The van der Waals surface area contributed by atoms with E-state index in [1.165, 1.54) is 12.1 Å². The van der Waals surface area contributed by atoms with Crippen molar-refractivity contribution in [2.75, 3.05) is 0 Å². The quantitative estimate of drug-likeness (QED) is 0.803. The van der Waals surface area contributed by atoms with Crippen molar-refractivity contribution in [3.8, 4) is 0 Å². The molecular weight excluding hydrogens is 267 g/mol. The first-order valence-corrected chi connectivity index (χ1v) is 6.75. The molecule has 0 unspecified atom stereocenters. The Morgan fingerprint density at radius 2 is 1.86 bits per heavy atom. The molecule has 3 aromatic rings. The van der Waals surface area contributed by atoms with Crippen molar-refractivity contribution in [3.05, 3.63) is 81.9 Å². The lowest BCUT2D eigenvalue weighted by Gasteiger charge is -2.11. The lowest BCUT2D eigenvalue weighted by molar-refractivity contribution is 0.598. The Labute approximate surface area is 121 Å². The topological polar surface area (TPSA) is 48.0 Å². The van der Waals surface area contributed by atoms with Gasteiger partial charge in [-0.05, 0) is 35.2 Å². The number of pyridine rings is 1. The van der Waals surface area contributed by atoms with Crippen LogP contribution in [0.15, 0.2) is 59.4 Å². The molecule has 2 N–H and O–H groups in total. The van der Waals surface area contributed by atoms with Gasteiger partial charge in [-0.25, -0.2) is 4.39 Å². The van der Waals surface area contributed by atoms with Gasteiger partial charge in [-0.1, -0.05) is 24.3 Å². The van der Waals surface area contributed by atoms with Gasteiger partial charge in [0.05, 0.1) is 12.1 Å². The minimum Gasteiger partial charge on any atom is -0.326 e. The van der Waals surface area contributed by atoms with Crippen LogP contribution < -0.4 is 11.3 Å². The molecular formula is C17H15FN2O. The molecule has 2 aromatic carbocycles. The molecule has 1 heterocycles. The van der Waals surface area contributed by atoms with Crippen molar-refractivity contribution >= 4 is 10.9 Å². The Morgan fingerprint density at radius 1 is 1.05 bits per heavy atom. The molecule has 0 saturated heterocycles. The van der Waals surface area contributed by atoms with Gasteiger partial charge < -0.3 is 10.3 Å². The van der Waals surface area contributed by atoms with Gasteiger partial charge in [0.1, 0.15) is 5.82 Å². The molecule has 0 aliphatic carbocycles. The Kier molecular flexibility index (Phi) is 3.54. The van der Waals surface area contributed by atoms with Gasteiger partial charge >= 0.3 is 0 Å². The lowest BCUT2D eigenvalue weighted by atomic mass is 10.1. The Morgan fingerprint density at radius 3 is 2.67 bits per heavy atom. The molecule has 3 nitrogen and oxygen atoms in total. The van der Waals surface area contributed by atoms with E-state index >= 15 is 0 Å². The standard InChI is InChI=1S/C17H15FN2O/c18-15-7-5-12(10-19)9-14(15)11-20-16-4-2-1-3-13(16)6-8-17(20)21/h1-9H,10-11,19H2. The van der Waals surface area contributed by atoms with Crippen molar-refractivity contribution in [2.45, 2.75) is 13.1 Å². The summed E-state index contributed by atoms with van der Waals surface area (Å²) in [5.74, 6) is -0.327. The molecule has 21 heavy (non-hydrogen) atoms. The van der Waals surface area contributed by atoms with E-state index in [1.54, 1.807) is 22.8 Å². The number of hydrogen-bond donors (Lipinski definition) is 1. The minimum atomic E-state index is -0.327. The zero-order chi connectivity index (χ0) is 14.8. The summed E-state index contributed by atoms with van der Waals surface area (Å²) < 4.78 is 15.5. The highest BCUT2D eigenvalue weighted by Crippen LogP contribution is 2.16. The third-order valence-corrected chi connectivity index (χ3v) is 3.57. The molecule has 0 saturated carbocycles. The number of aromatic nitrogens is 1. The number of nitrogens with two attached hydrogens (primary N) is 1. The van der Waals surface area contributed by atoms with Crippen molar-refractivity contribution in [2.24, 2.45) is 5.73 Å². The van der Waals surface area contributed by atoms with E-state index in [0.717, 1.165) is 16.5 Å². The van der Waals surface area contributed by atoms with Gasteiger partial charge in [0.15, 0.2) is 0 Å². The summed E-state index contributed by atoms with van der Waals surface area (Å²) in [4.78, 5) is 12.1. The van der Waals surface area contributed by atoms with Crippen molar-refractivity contribution in [3.63, 3.8) is 0 Å². The maximum absolute atomic E-state index is 14.0. The van der Waals surface area contributed by atoms with E-state index in [1.807, 2.05) is 24.3 Å². The van der Waals surface area contributed by atoms with Crippen LogP contribution in [0.3, 0.4) is 0 Å². The first kappa shape index (κ1) is 13.5. The van der Waals surface area contributed by atoms with E-state index in [9.17, 15) is 9.18 Å². The molecule has 0 fully saturated rings. The van der Waals surface area contributed by atoms with Crippen LogP contribution in [0.1, 0.15) is 11.1 Å². The fourth-order valence-electron chi connectivity index (χ4n) is 2.45. The monoisotopic (exact) mass is 282 g/mol. The van der Waals surface area contributed by atoms with Crippen LogP contribution >= 0.6 is 0 Å². The summed E-state index contributed by atoms with van der Waals surface area (Å²) in [6.45, 7) is 0.539. The number of benzene rings is 2. The molecule has 106 valence electrons. The molecule has 0 amide bonds. The number of hydrogen-bond acceptors (Lipinski definition) is 2. The highest BCUT2D eigenvalue weighted by atomic mass is 19.1. The minimum absolute atomic E-state index is 0.147. The van der Waals surface area contributed by atoms with E-state index in [-0.39, 0.29) is 17.9 Å². The summed E-state index contributed by atoms with van der Waals surface area (Å²) in [6.07, 6.45) is 0. The number of fused-ring (bicyclic) bond motifs is 1. The first-order chi connectivity index (χ1) is 10.2. The van der Waals surface area contributed by atoms with Gasteiger partial charge in [0, 0.05) is 18.2 Å². The molecule has 0 aliphatic rings. The maximum atomic E-state index is 14.0. The van der Waals surface area contributed by atoms with E-state index in [4.69, 9.17) is 5.73 Å². The van der Waals surface area contributed by atoms with Crippen molar-refractivity contribution < 1.29 is 4.39 Å². The second-order valence-corrected chi connectivity index (χ2v) is 4.95. The molecule has 1 aromatic heterocycles. The van der Waals surface area contributed by atoms with Crippen molar-refractivity contribution in [1.82, 2.24) is 4.57 Å². The second kappa shape index (κ2) is 5.50. The largest absolute Gasteiger partial charge is 0.326 e. The average molecular weight is 282 g/mol. The third-order valence-electron chi connectivity index (χ3n) is 3.57. The number of halogens is 1. The van der Waals surface area contributed by atoms with Crippen LogP contribution in [0.4, 0.5) is 4.39 Å². The van der Waals surface area contributed by atoms with Crippen LogP contribution in [0.5, 0.6) is 0 Å². The third kappa shape index (κ3) is 2.58. The smallest absolute Gasteiger partial charge is 0.251 e. The molecule has 0 bridgehead atoms. The zero-order valence-corrected chi connectivity index (χ0v) is 11.4. The molecule has 0 aliphatic heterocycles. The van der Waals surface area contributed by atoms with Crippen LogP contribution in [0, 0.1) is 5.82 Å². The fraction of sp³-hybridized carbons (Fsp3) is 0.118. The van der Waals surface area contributed by atoms with Crippen LogP contribution in [-0.4, -0.2) is 4.57 Å². The van der Waals surface area contributed by atoms with Crippen LogP contribution in [0.2, 0.25) is 0 Å². The summed E-state index contributed by atoms with van der Waals surface area (Å²) in [7, 11) is 0. The second-order valence-electron chi connectivity index (χ2n) is 4.95. The molecule has 3 rings (SSSR count). The molecule has 0 radical (unpaired) electrons. The normalized spacial score (nSPS) is 11.0. The number of nitrogens with zero attached hydrogens (tertiary/aromatic N) is 1. The highest BCUT2D eigenvalue weighted by molar-refractivity contribution is 5.78. The predicted octanol–water partition coefficient (Wildman–Crippen LogP) is 2.65. The van der Waals surface area contributed by atoms with Gasteiger partial charge in [-0.3, -0.25) is 4.79 Å². The fourth-order valence-corrected chi connectivity index (χ4v) is 2.45. The molecule has 0 atom stereocenters.